The largest absolute Gasteiger partial charge is 0.418 e. The molecule has 0 fully saturated rings. The van der Waals surface area contributed by atoms with E-state index in [1.165, 1.54) is 33.5 Å². The fraction of sp³-hybridized carbons (Fsp3) is 0.350. The van der Waals surface area contributed by atoms with Crippen molar-refractivity contribution in [2.24, 2.45) is 0 Å². The monoisotopic (exact) mass is 404 g/mol. The molecule has 0 radical (unpaired) electrons. The third-order valence-corrected chi connectivity index (χ3v) is 5.10. The van der Waals surface area contributed by atoms with E-state index in [-0.39, 0.29) is 17.8 Å². The van der Waals surface area contributed by atoms with Crippen LogP contribution in [0.4, 0.5) is 18.9 Å². The van der Waals surface area contributed by atoms with Gasteiger partial charge in [-0.2, -0.15) is 18.3 Å². The normalized spacial score (nSPS) is 14.4. The van der Waals surface area contributed by atoms with Gasteiger partial charge in [0.2, 0.25) is 5.91 Å². The number of carbonyl (C=O) groups is 1. The van der Waals surface area contributed by atoms with Crippen molar-refractivity contribution in [2.45, 2.75) is 44.8 Å². The van der Waals surface area contributed by atoms with Gasteiger partial charge in [-0.3, -0.25) is 9.59 Å². The van der Waals surface area contributed by atoms with Crippen molar-refractivity contribution in [1.82, 2.24) is 14.2 Å². The number of hydrogen-bond acceptors (Lipinski definition) is 3. The zero-order valence-electron chi connectivity index (χ0n) is 15.5. The summed E-state index contributed by atoms with van der Waals surface area (Å²) < 4.78 is 42.1. The van der Waals surface area contributed by atoms with Crippen molar-refractivity contribution in [3.05, 3.63) is 63.8 Å². The lowest BCUT2D eigenvalue weighted by atomic mass is 10.1. The summed E-state index contributed by atoms with van der Waals surface area (Å²) in [6.07, 6.45) is 3.07. The van der Waals surface area contributed by atoms with Crippen LogP contribution in [-0.2, 0) is 30.4 Å². The average Bonchev–Trinajstić information content (AvgIpc) is 2.86. The summed E-state index contributed by atoms with van der Waals surface area (Å²) in [5.41, 5.74) is 0.607. The number of nitrogens with zero attached hydrogens (tertiary/aromatic N) is 3. The van der Waals surface area contributed by atoms with Gasteiger partial charge < -0.3 is 9.88 Å². The molecule has 0 saturated heterocycles. The maximum Gasteiger partial charge on any atom is 0.418 e. The molecule has 4 rings (SSSR count). The molecule has 1 amide bonds. The predicted octanol–water partition coefficient (Wildman–Crippen LogP) is 3.42. The Bertz CT molecular complexity index is 1130. The van der Waals surface area contributed by atoms with Crippen LogP contribution in [0, 0.1) is 0 Å². The smallest absolute Gasteiger partial charge is 0.324 e. The van der Waals surface area contributed by atoms with E-state index in [1.54, 1.807) is 6.20 Å². The van der Waals surface area contributed by atoms with E-state index in [9.17, 15) is 22.8 Å². The predicted molar refractivity (Wildman–Crippen MR) is 101 cm³/mol. The van der Waals surface area contributed by atoms with Gasteiger partial charge in [-0.1, -0.05) is 18.6 Å². The highest BCUT2D eigenvalue weighted by molar-refractivity contribution is 5.91. The van der Waals surface area contributed by atoms with E-state index in [4.69, 9.17) is 0 Å². The summed E-state index contributed by atoms with van der Waals surface area (Å²) in [6, 6.07) is 4.74. The van der Waals surface area contributed by atoms with E-state index < -0.39 is 17.6 Å². The Balaban J connectivity index is 1.62. The molecule has 0 aliphatic heterocycles. The maximum absolute atomic E-state index is 13.1. The third kappa shape index (κ3) is 3.76. The zero-order valence-corrected chi connectivity index (χ0v) is 15.5. The quantitative estimate of drug-likeness (QED) is 0.680. The molecule has 0 spiro atoms. The molecule has 1 aliphatic rings. The molecule has 9 heteroatoms. The van der Waals surface area contributed by atoms with Gasteiger partial charge in [0.05, 0.1) is 16.9 Å². The van der Waals surface area contributed by atoms with Crippen LogP contribution in [0.5, 0.6) is 0 Å². The van der Waals surface area contributed by atoms with Gasteiger partial charge in [-0.25, -0.2) is 4.52 Å². The number of fused-ring (bicyclic) bond motifs is 3. The second-order valence-corrected chi connectivity index (χ2v) is 7.10. The Morgan fingerprint density at radius 3 is 2.66 bits per heavy atom. The summed E-state index contributed by atoms with van der Waals surface area (Å²) in [7, 11) is 0. The number of para-hydroxylation sites is 1. The topological polar surface area (TPSA) is 68.4 Å². The van der Waals surface area contributed by atoms with Crippen LogP contribution in [0.25, 0.3) is 5.52 Å². The van der Waals surface area contributed by atoms with Crippen LogP contribution < -0.4 is 10.9 Å². The van der Waals surface area contributed by atoms with Gasteiger partial charge in [-0.15, -0.1) is 0 Å². The molecule has 152 valence electrons. The highest BCUT2D eigenvalue weighted by Gasteiger charge is 2.33. The first-order valence-corrected chi connectivity index (χ1v) is 9.40. The van der Waals surface area contributed by atoms with Gasteiger partial charge in [0, 0.05) is 18.0 Å². The first kappa shape index (κ1) is 19.2. The van der Waals surface area contributed by atoms with Crippen molar-refractivity contribution < 1.29 is 18.0 Å². The van der Waals surface area contributed by atoms with Crippen LogP contribution in [-0.4, -0.2) is 20.1 Å². The van der Waals surface area contributed by atoms with Gasteiger partial charge >= 0.3 is 6.18 Å². The van der Waals surface area contributed by atoms with Crippen LogP contribution in [0.15, 0.2) is 41.5 Å². The highest BCUT2D eigenvalue weighted by atomic mass is 19.4. The Morgan fingerprint density at radius 1 is 1.10 bits per heavy atom. The number of anilines is 1. The van der Waals surface area contributed by atoms with Crippen LogP contribution in [0.2, 0.25) is 0 Å². The van der Waals surface area contributed by atoms with Crippen molar-refractivity contribution in [2.75, 3.05) is 5.32 Å². The number of rotatable bonds is 3. The van der Waals surface area contributed by atoms with Crippen molar-refractivity contribution in [3.8, 4) is 0 Å². The van der Waals surface area contributed by atoms with Crippen LogP contribution >= 0.6 is 0 Å². The highest BCUT2D eigenvalue weighted by Crippen LogP contribution is 2.34. The molecule has 1 aliphatic carbocycles. The molecule has 0 saturated carbocycles. The molecule has 2 heterocycles. The average molecular weight is 404 g/mol. The molecule has 0 bridgehead atoms. The minimum absolute atomic E-state index is 0.336. The lowest BCUT2D eigenvalue weighted by Crippen LogP contribution is -2.29. The fourth-order valence-corrected chi connectivity index (χ4v) is 3.74. The Kier molecular flexibility index (Phi) is 4.89. The molecule has 0 atom stereocenters. The Labute approximate surface area is 164 Å². The van der Waals surface area contributed by atoms with Crippen molar-refractivity contribution >= 4 is 17.1 Å². The van der Waals surface area contributed by atoms with Gasteiger partial charge in [0.15, 0.2) is 0 Å². The van der Waals surface area contributed by atoms with E-state index >= 15 is 0 Å². The Morgan fingerprint density at radius 2 is 1.86 bits per heavy atom. The molecule has 29 heavy (non-hydrogen) atoms. The SMILES string of the molecule is O=C(Cn1ccn2nc3c(c2c1=O)CCCCC3)Nc1ccccc1C(F)(F)F. The van der Waals surface area contributed by atoms with Crippen molar-refractivity contribution in [3.63, 3.8) is 0 Å². The zero-order chi connectivity index (χ0) is 20.6. The van der Waals surface area contributed by atoms with Gasteiger partial charge in [0.25, 0.3) is 5.56 Å². The van der Waals surface area contributed by atoms with E-state index in [2.05, 4.69) is 10.4 Å². The van der Waals surface area contributed by atoms with Crippen molar-refractivity contribution in [1.29, 1.82) is 0 Å². The molecule has 6 nitrogen and oxygen atoms in total. The Hall–Kier alpha value is -3.10. The number of carbonyl (C=O) groups excluding carboxylic acids is 1. The third-order valence-electron chi connectivity index (χ3n) is 5.10. The van der Waals surface area contributed by atoms with E-state index in [0.29, 0.717) is 5.52 Å². The number of benzene rings is 1. The number of halogens is 3. The number of alkyl halides is 3. The number of amides is 1. The summed E-state index contributed by atoms with van der Waals surface area (Å²) in [6.45, 7) is -0.387. The summed E-state index contributed by atoms with van der Waals surface area (Å²) in [4.78, 5) is 25.3. The number of aryl methyl sites for hydroxylation is 2. The molecule has 0 unspecified atom stereocenters. The fourth-order valence-electron chi connectivity index (χ4n) is 3.74. The van der Waals surface area contributed by atoms with Gasteiger partial charge in [-0.05, 0) is 37.8 Å². The lowest BCUT2D eigenvalue weighted by Gasteiger charge is -2.14. The number of hydrogen-bond donors (Lipinski definition) is 1. The first-order valence-electron chi connectivity index (χ1n) is 9.40. The van der Waals surface area contributed by atoms with E-state index in [0.717, 1.165) is 49.4 Å². The molecule has 1 N–H and O–H groups in total. The molecular weight excluding hydrogens is 385 g/mol. The standard InChI is InChI=1S/C20H19F3N4O2/c21-20(22,23)14-7-4-5-9-16(14)24-17(28)12-26-10-11-27-18(19(26)29)13-6-2-1-3-8-15(13)25-27/h4-5,7,9-11H,1-3,6,8,12H2,(H,24,28). The molecule has 2 aromatic heterocycles. The molecular formula is C20H19F3N4O2. The maximum atomic E-state index is 13.1. The number of nitrogens with one attached hydrogen (secondary N) is 1. The summed E-state index contributed by atoms with van der Waals surface area (Å²) >= 11 is 0. The van der Waals surface area contributed by atoms with Crippen LogP contribution in [0.3, 0.4) is 0 Å². The summed E-state index contributed by atoms with van der Waals surface area (Å²) in [5, 5.41) is 6.74. The second kappa shape index (κ2) is 7.38. The lowest BCUT2D eigenvalue weighted by molar-refractivity contribution is -0.137. The molecule has 3 aromatic rings. The van der Waals surface area contributed by atoms with E-state index in [1.807, 2.05) is 0 Å². The minimum atomic E-state index is -4.59. The van der Waals surface area contributed by atoms with Gasteiger partial charge in [0.1, 0.15) is 12.1 Å². The first-order chi connectivity index (χ1) is 13.8. The summed E-state index contributed by atoms with van der Waals surface area (Å²) in [5.74, 6) is -0.709. The van der Waals surface area contributed by atoms with Crippen LogP contribution in [0.1, 0.15) is 36.1 Å². The second-order valence-electron chi connectivity index (χ2n) is 7.10. The minimum Gasteiger partial charge on any atom is -0.324 e. The molecule has 1 aromatic carbocycles. The number of aromatic nitrogens is 3.